The van der Waals surface area contributed by atoms with Crippen molar-refractivity contribution in [1.82, 2.24) is 4.72 Å². The fourth-order valence-electron chi connectivity index (χ4n) is 1.22. The van der Waals surface area contributed by atoms with E-state index in [4.69, 9.17) is 10.5 Å². The van der Waals surface area contributed by atoms with Crippen LogP contribution >= 0.6 is 0 Å². The summed E-state index contributed by atoms with van der Waals surface area (Å²) in [4.78, 5) is 0. The third kappa shape index (κ3) is 4.18. The Labute approximate surface area is 95.7 Å². The maximum absolute atomic E-state index is 11.6. The Kier molecular flexibility index (Phi) is 4.72. The molecule has 0 radical (unpaired) electrons. The Morgan fingerprint density at radius 2 is 2.06 bits per heavy atom. The Balaban J connectivity index is 2.63. The quantitative estimate of drug-likeness (QED) is 0.558. The molecular formula is C10H16N2O3S. The molecule has 0 unspecified atom stereocenters. The lowest BCUT2D eigenvalue weighted by Crippen LogP contribution is -2.28. The Bertz CT molecular complexity index is 431. The lowest BCUT2D eigenvalue weighted by Gasteiger charge is -2.07. The van der Waals surface area contributed by atoms with E-state index in [2.05, 4.69) is 4.72 Å². The van der Waals surface area contributed by atoms with Crippen LogP contribution in [0, 0.1) is 0 Å². The number of hydrogen-bond donors (Lipinski definition) is 2. The maximum Gasteiger partial charge on any atom is 0.215 e. The van der Waals surface area contributed by atoms with Crippen LogP contribution in [0.5, 0.6) is 0 Å². The van der Waals surface area contributed by atoms with Crippen molar-refractivity contribution < 1.29 is 13.2 Å². The fourth-order valence-corrected chi connectivity index (χ4v) is 2.39. The SMILES string of the molecule is COCCNS(=O)(=O)Cc1ccccc1N. The van der Waals surface area contributed by atoms with Gasteiger partial charge in [0.15, 0.2) is 0 Å². The van der Waals surface area contributed by atoms with E-state index in [1.807, 2.05) is 0 Å². The van der Waals surface area contributed by atoms with Gasteiger partial charge in [0.05, 0.1) is 12.4 Å². The van der Waals surface area contributed by atoms with E-state index in [1.165, 1.54) is 7.11 Å². The van der Waals surface area contributed by atoms with E-state index in [0.29, 0.717) is 17.9 Å². The van der Waals surface area contributed by atoms with E-state index < -0.39 is 10.0 Å². The molecule has 3 N–H and O–H groups in total. The number of nitrogens with two attached hydrogens (primary N) is 1. The van der Waals surface area contributed by atoms with Crippen LogP contribution in [0.2, 0.25) is 0 Å². The van der Waals surface area contributed by atoms with Crippen molar-refractivity contribution in [3.63, 3.8) is 0 Å². The van der Waals surface area contributed by atoms with Gasteiger partial charge >= 0.3 is 0 Å². The molecule has 1 aromatic carbocycles. The number of nitrogens with one attached hydrogen (secondary N) is 1. The highest BCUT2D eigenvalue weighted by Gasteiger charge is 2.12. The Morgan fingerprint density at radius 3 is 2.69 bits per heavy atom. The molecule has 0 aromatic heterocycles. The third-order valence-corrected chi connectivity index (χ3v) is 3.36. The van der Waals surface area contributed by atoms with Crippen LogP contribution in [0.4, 0.5) is 5.69 Å². The molecule has 0 amide bonds. The van der Waals surface area contributed by atoms with Crippen molar-refractivity contribution in [2.75, 3.05) is 26.0 Å². The standard InChI is InChI=1S/C10H16N2O3S/c1-15-7-6-12-16(13,14)8-9-4-2-3-5-10(9)11/h2-5,12H,6-8,11H2,1H3. The molecule has 0 aliphatic rings. The predicted molar refractivity (Wildman–Crippen MR) is 63.4 cm³/mol. The molecule has 0 aliphatic carbocycles. The van der Waals surface area contributed by atoms with Gasteiger partial charge in [-0.1, -0.05) is 18.2 Å². The fraction of sp³-hybridized carbons (Fsp3) is 0.400. The van der Waals surface area contributed by atoms with Crippen LogP contribution in [-0.2, 0) is 20.5 Å². The number of benzene rings is 1. The molecular weight excluding hydrogens is 228 g/mol. The smallest absolute Gasteiger partial charge is 0.215 e. The lowest BCUT2D eigenvalue weighted by molar-refractivity contribution is 0.204. The highest BCUT2D eigenvalue weighted by molar-refractivity contribution is 7.88. The van der Waals surface area contributed by atoms with Crippen LogP contribution in [0.3, 0.4) is 0 Å². The lowest BCUT2D eigenvalue weighted by atomic mass is 10.2. The summed E-state index contributed by atoms with van der Waals surface area (Å²) in [7, 11) is -1.82. The molecule has 16 heavy (non-hydrogen) atoms. The van der Waals surface area contributed by atoms with E-state index in [1.54, 1.807) is 24.3 Å². The average molecular weight is 244 g/mol. The van der Waals surface area contributed by atoms with Crippen LogP contribution in [0.25, 0.3) is 0 Å². The Hall–Kier alpha value is -1.11. The second-order valence-corrected chi connectivity index (χ2v) is 5.15. The maximum atomic E-state index is 11.6. The number of hydrogen-bond acceptors (Lipinski definition) is 4. The van der Waals surface area contributed by atoms with Gasteiger partial charge < -0.3 is 10.5 Å². The van der Waals surface area contributed by atoms with Gasteiger partial charge in [0, 0.05) is 19.3 Å². The molecule has 5 nitrogen and oxygen atoms in total. The van der Waals surface area contributed by atoms with Crippen LogP contribution in [0.1, 0.15) is 5.56 Å². The molecule has 0 fully saturated rings. The topological polar surface area (TPSA) is 81.4 Å². The molecule has 0 saturated heterocycles. The molecule has 0 saturated carbocycles. The third-order valence-electron chi connectivity index (χ3n) is 2.03. The van der Waals surface area contributed by atoms with E-state index in [9.17, 15) is 8.42 Å². The first-order chi connectivity index (χ1) is 7.55. The minimum Gasteiger partial charge on any atom is -0.398 e. The van der Waals surface area contributed by atoms with Gasteiger partial charge in [-0.25, -0.2) is 13.1 Å². The molecule has 1 aromatic rings. The zero-order chi connectivity index (χ0) is 12.0. The molecule has 0 bridgehead atoms. The summed E-state index contributed by atoms with van der Waals surface area (Å²) in [5, 5.41) is 0. The first-order valence-electron chi connectivity index (χ1n) is 4.85. The predicted octanol–water partition coefficient (Wildman–Crippen LogP) is 0.335. The first-order valence-corrected chi connectivity index (χ1v) is 6.50. The van der Waals surface area contributed by atoms with Crippen molar-refractivity contribution in [3.05, 3.63) is 29.8 Å². The first kappa shape index (κ1) is 13.0. The highest BCUT2D eigenvalue weighted by Crippen LogP contribution is 2.13. The number of ether oxygens (including phenoxy) is 1. The van der Waals surface area contributed by atoms with Gasteiger partial charge in [-0.3, -0.25) is 0 Å². The zero-order valence-electron chi connectivity index (χ0n) is 9.14. The molecule has 0 atom stereocenters. The molecule has 0 aliphatic heterocycles. The summed E-state index contributed by atoms with van der Waals surface area (Å²) in [5.41, 5.74) is 6.76. The number of rotatable bonds is 6. The van der Waals surface area contributed by atoms with Crippen LogP contribution < -0.4 is 10.5 Å². The van der Waals surface area contributed by atoms with Gasteiger partial charge in [0.25, 0.3) is 0 Å². The molecule has 6 heteroatoms. The van der Waals surface area contributed by atoms with Gasteiger partial charge in [0.2, 0.25) is 10.0 Å². The summed E-state index contributed by atoms with van der Waals surface area (Å²) in [6.07, 6.45) is 0. The molecule has 90 valence electrons. The van der Waals surface area contributed by atoms with Crippen molar-refractivity contribution in [2.24, 2.45) is 0 Å². The zero-order valence-corrected chi connectivity index (χ0v) is 9.96. The normalized spacial score (nSPS) is 11.6. The number of nitrogen functional groups attached to an aromatic ring is 1. The van der Waals surface area contributed by atoms with Gasteiger partial charge in [0.1, 0.15) is 0 Å². The molecule has 0 heterocycles. The summed E-state index contributed by atoms with van der Waals surface area (Å²) in [5.74, 6) is -0.108. The summed E-state index contributed by atoms with van der Waals surface area (Å²) < 4.78 is 30.4. The minimum atomic E-state index is -3.34. The second kappa shape index (κ2) is 5.83. The van der Waals surface area contributed by atoms with Gasteiger partial charge in [-0.05, 0) is 11.6 Å². The summed E-state index contributed by atoms with van der Waals surface area (Å²) >= 11 is 0. The largest absolute Gasteiger partial charge is 0.398 e. The van der Waals surface area contributed by atoms with E-state index >= 15 is 0 Å². The van der Waals surface area contributed by atoms with Crippen molar-refractivity contribution in [2.45, 2.75) is 5.75 Å². The summed E-state index contributed by atoms with van der Waals surface area (Å²) in [6, 6.07) is 6.91. The Morgan fingerprint density at radius 1 is 1.38 bits per heavy atom. The van der Waals surface area contributed by atoms with Crippen LogP contribution in [-0.4, -0.2) is 28.7 Å². The monoisotopic (exact) mass is 244 g/mol. The minimum absolute atomic E-state index is 0.108. The number of para-hydroxylation sites is 1. The number of methoxy groups -OCH3 is 1. The van der Waals surface area contributed by atoms with Gasteiger partial charge in [-0.15, -0.1) is 0 Å². The van der Waals surface area contributed by atoms with Gasteiger partial charge in [-0.2, -0.15) is 0 Å². The molecule has 0 spiro atoms. The summed E-state index contributed by atoms with van der Waals surface area (Å²) in [6.45, 7) is 0.620. The number of anilines is 1. The van der Waals surface area contributed by atoms with Crippen molar-refractivity contribution in [3.8, 4) is 0 Å². The van der Waals surface area contributed by atoms with Crippen molar-refractivity contribution >= 4 is 15.7 Å². The second-order valence-electron chi connectivity index (χ2n) is 3.35. The number of sulfonamides is 1. The molecule has 1 rings (SSSR count). The van der Waals surface area contributed by atoms with Crippen LogP contribution in [0.15, 0.2) is 24.3 Å². The highest BCUT2D eigenvalue weighted by atomic mass is 32.2. The van der Waals surface area contributed by atoms with E-state index in [-0.39, 0.29) is 12.3 Å². The van der Waals surface area contributed by atoms with Crippen molar-refractivity contribution in [1.29, 1.82) is 0 Å². The average Bonchev–Trinajstić information content (AvgIpc) is 2.21. The van der Waals surface area contributed by atoms with E-state index in [0.717, 1.165) is 0 Å².